The third-order valence-electron chi connectivity index (χ3n) is 1.93. The van der Waals surface area contributed by atoms with Gasteiger partial charge in [0, 0.05) is 18.6 Å². The molecule has 0 aliphatic heterocycles. The third kappa shape index (κ3) is 2.11. The molecule has 5 nitrogen and oxygen atoms in total. The normalized spacial score (nSPS) is 9.80. The minimum absolute atomic E-state index is 0.486. The molecule has 0 bridgehead atoms. The summed E-state index contributed by atoms with van der Waals surface area (Å²) in [5, 5.41) is 12.7. The van der Waals surface area contributed by atoms with Crippen molar-refractivity contribution < 1.29 is 0 Å². The van der Waals surface area contributed by atoms with Crippen molar-refractivity contribution in [2.75, 3.05) is 5.73 Å². The summed E-state index contributed by atoms with van der Waals surface area (Å²) in [4.78, 5) is 3.96. The van der Waals surface area contributed by atoms with Crippen LogP contribution in [0.3, 0.4) is 0 Å². The summed E-state index contributed by atoms with van der Waals surface area (Å²) in [7, 11) is 0. The van der Waals surface area contributed by atoms with E-state index in [9.17, 15) is 0 Å². The summed E-state index contributed by atoms with van der Waals surface area (Å²) in [6.45, 7) is 0.569. The van der Waals surface area contributed by atoms with E-state index in [-0.39, 0.29) is 0 Å². The van der Waals surface area contributed by atoms with Crippen molar-refractivity contribution in [1.29, 1.82) is 5.26 Å². The number of nitrogen functional groups attached to an aromatic ring is 1. The van der Waals surface area contributed by atoms with Gasteiger partial charge < -0.3 is 5.73 Å². The molecule has 0 unspecified atom stereocenters. The molecule has 2 rings (SSSR count). The number of hydrogen-bond acceptors (Lipinski definition) is 4. The van der Waals surface area contributed by atoms with Crippen LogP contribution in [0.1, 0.15) is 11.1 Å². The average Bonchev–Trinajstić information content (AvgIpc) is 2.64. The summed E-state index contributed by atoms with van der Waals surface area (Å²) in [5.74, 6) is 0.486. The lowest BCUT2D eigenvalue weighted by Crippen LogP contribution is -2.01. The minimum atomic E-state index is 0.486. The molecule has 0 atom stereocenters. The second-order valence-corrected chi connectivity index (χ2v) is 3.13. The molecule has 74 valence electrons. The van der Waals surface area contributed by atoms with Gasteiger partial charge in [-0.05, 0) is 17.7 Å². The van der Waals surface area contributed by atoms with E-state index in [2.05, 4.69) is 10.1 Å². The number of pyridine rings is 1. The Hall–Kier alpha value is -2.35. The number of aromatic nitrogens is 3. The highest BCUT2D eigenvalue weighted by atomic mass is 15.3. The van der Waals surface area contributed by atoms with Gasteiger partial charge in [-0.25, -0.2) is 0 Å². The largest absolute Gasteiger partial charge is 0.382 e. The van der Waals surface area contributed by atoms with Crippen LogP contribution in [-0.2, 0) is 6.54 Å². The van der Waals surface area contributed by atoms with Crippen LogP contribution < -0.4 is 5.73 Å². The van der Waals surface area contributed by atoms with Gasteiger partial charge in [-0.3, -0.25) is 9.67 Å². The van der Waals surface area contributed by atoms with Crippen LogP contribution in [0.25, 0.3) is 0 Å². The van der Waals surface area contributed by atoms with Gasteiger partial charge in [0.05, 0.1) is 12.1 Å². The lowest BCUT2D eigenvalue weighted by atomic mass is 10.2. The van der Waals surface area contributed by atoms with Gasteiger partial charge in [0.2, 0.25) is 0 Å². The van der Waals surface area contributed by atoms with Crippen LogP contribution in [0.5, 0.6) is 0 Å². The number of anilines is 1. The van der Waals surface area contributed by atoms with Crippen LogP contribution in [-0.4, -0.2) is 14.8 Å². The predicted molar refractivity (Wildman–Crippen MR) is 54.7 cm³/mol. The van der Waals surface area contributed by atoms with Crippen molar-refractivity contribution in [2.45, 2.75) is 6.54 Å². The molecule has 5 heteroatoms. The first-order valence-electron chi connectivity index (χ1n) is 4.41. The van der Waals surface area contributed by atoms with Gasteiger partial charge in [0.1, 0.15) is 11.9 Å². The Morgan fingerprint density at radius 1 is 1.47 bits per heavy atom. The molecule has 2 aromatic rings. The number of hydrogen-bond donors (Lipinski definition) is 1. The fourth-order valence-corrected chi connectivity index (χ4v) is 1.29. The molecule has 2 N–H and O–H groups in total. The molecule has 15 heavy (non-hydrogen) atoms. The van der Waals surface area contributed by atoms with Crippen LogP contribution in [0.4, 0.5) is 5.82 Å². The van der Waals surface area contributed by atoms with Gasteiger partial charge in [0.15, 0.2) is 0 Å². The lowest BCUT2D eigenvalue weighted by Gasteiger charge is -2.00. The highest BCUT2D eigenvalue weighted by Crippen LogP contribution is 2.05. The molecule has 0 amide bonds. The Kier molecular flexibility index (Phi) is 2.33. The van der Waals surface area contributed by atoms with Crippen LogP contribution in [0.2, 0.25) is 0 Å². The molecule has 0 radical (unpaired) electrons. The Balaban J connectivity index is 2.21. The Bertz CT molecular complexity index is 509. The number of nitrogens with two attached hydrogens (primary N) is 1. The first-order valence-corrected chi connectivity index (χ1v) is 4.41. The predicted octanol–water partition coefficient (Wildman–Crippen LogP) is 0.780. The maximum absolute atomic E-state index is 8.70. The molecule has 0 saturated carbocycles. The molecule has 0 aliphatic rings. The zero-order chi connectivity index (χ0) is 10.7. The summed E-state index contributed by atoms with van der Waals surface area (Å²) in [6.07, 6.45) is 5.02. The topological polar surface area (TPSA) is 80.5 Å². The van der Waals surface area contributed by atoms with Gasteiger partial charge in [-0.1, -0.05) is 0 Å². The zero-order valence-electron chi connectivity index (χ0n) is 7.96. The van der Waals surface area contributed by atoms with E-state index in [1.165, 1.54) is 6.20 Å². The van der Waals surface area contributed by atoms with Crippen molar-refractivity contribution in [3.63, 3.8) is 0 Å². The molecule has 0 saturated heterocycles. The second kappa shape index (κ2) is 3.80. The molecule has 0 aromatic carbocycles. The molecule has 2 heterocycles. The van der Waals surface area contributed by atoms with E-state index in [0.717, 1.165) is 5.56 Å². The second-order valence-electron chi connectivity index (χ2n) is 3.13. The van der Waals surface area contributed by atoms with Gasteiger partial charge >= 0.3 is 0 Å². The lowest BCUT2D eigenvalue weighted by molar-refractivity contribution is 0.688. The third-order valence-corrected chi connectivity index (χ3v) is 1.93. The summed E-state index contributed by atoms with van der Waals surface area (Å²) in [5.41, 5.74) is 6.97. The van der Waals surface area contributed by atoms with E-state index >= 15 is 0 Å². The van der Waals surface area contributed by atoms with E-state index < -0.39 is 0 Å². The van der Waals surface area contributed by atoms with E-state index in [4.69, 9.17) is 11.0 Å². The molecular weight excluding hydrogens is 190 g/mol. The minimum Gasteiger partial charge on any atom is -0.382 e. The quantitative estimate of drug-likeness (QED) is 0.775. The van der Waals surface area contributed by atoms with Crippen molar-refractivity contribution >= 4 is 5.82 Å². The van der Waals surface area contributed by atoms with Crippen LogP contribution in [0, 0.1) is 11.3 Å². The standard InChI is InChI=1S/C10H9N5/c11-4-8-3-9(6-13-5-8)7-15-2-1-10(12)14-15/h1-3,5-6H,7H2,(H2,12,14). The number of nitrogens with zero attached hydrogens (tertiary/aromatic N) is 4. The Morgan fingerprint density at radius 3 is 3.00 bits per heavy atom. The molecule has 2 aromatic heterocycles. The smallest absolute Gasteiger partial charge is 0.145 e. The molecular formula is C10H9N5. The SMILES string of the molecule is N#Cc1cncc(Cn2ccc(N)n2)c1. The summed E-state index contributed by atoms with van der Waals surface area (Å²) < 4.78 is 1.70. The molecule has 0 fully saturated rings. The van der Waals surface area contributed by atoms with Crippen molar-refractivity contribution in [3.8, 4) is 6.07 Å². The van der Waals surface area contributed by atoms with Crippen molar-refractivity contribution in [2.24, 2.45) is 0 Å². The van der Waals surface area contributed by atoms with Crippen LogP contribution in [0.15, 0.2) is 30.7 Å². The van der Waals surface area contributed by atoms with Gasteiger partial charge in [-0.15, -0.1) is 0 Å². The maximum atomic E-state index is 8.70. The average molecular weight is 199 g/mol. The zero-order valence-corrected chi connectivity index (χ0v) is 7.96. The number of rotatable bonds is 2. The monoisotopic (exact) mass is 199 g/mol. The van der Waals surface area contributed by atoms with Crippen molar-refractivity contribution in [1.82, 2.24) is 14.8 Å². The fourth-order valence-electron chi connectivity index (χ4n) is 1.29. The highest BCUT2D eigenvalue weighted by Gasteiger charge is 1.99. The van der Waals surface area contributed by atoms with E-state index in [1.807, 2.05) is 6.07 Å². The Morgan fingerprint density at radius 2 is 2.33 bits per heavy atom. The van der Waals surface area contributed by atoms with E-state index in [1.54, 1.807) is 29.2 Å². The highest BCUT2D eigenvalue weighted by molar-refractivity contribution is 5.29. The molecule has 0 spiro atoms. The number of nitriles is 1. The van der Waals surface area contributed by atoms with Crippen LogP contribution >= 0.6 is 0 Å². The molecule has 0 aliphatic carbocycles. The van der Waals surface area contributed by atoms with E-state index in [0.29, 0.717) is 17.9 Å². The van der Waals surface area contributed by atoms with Gasteiger partial charge in [0.25, 0.3) is 0 Å². The first kappa shape index (κ1) is 9.21. The van der Waals surface area contributed by atoms with Gasteiger partial charge in [-0.2, -0.15) is 10.4 Å². The maximum Gasteiger partial charge on any atom is 0.145 e. The Labute approximate surface area is 86.8 Å². The summed E-state index contributed by atoms with van der Waals surface area (Å²) in [6, 6.07) is 5.55. The first-order chi connectivity index (χ1) is 7.28. The summed E-state index contributed by atoms with van der Waals surface area (Å²) >= 11 is 0. The fraction of sp³-hybridized carbons (Fsp3) is 0.100. The van der Waals surface area contributed by atoms with Crippen molar-refractivity contribution in [3.05, 3.63) is 41.9 Å².